The smallest absolute Gasteiger partial charge is 0.262 e. The Morgan fingerprint density at radius 1 is 1.17 bits per heavy atom. The van der Waals surface area contributed by atoms with Crippen LogP contribution in [0.4, 0.5) is 0 Å². The largest absolute Gasteiger partial charge is 0.497 e. The predicted molar refractivity (Wildman–Crippen MR) is 120 cm³/mol. The second kappa shape index (κ2) is 8.93. The Bertz CT molecular complexity index is 1270. The first kappa shape index (κ1) is 19.9. The van der Waals surface area contributed by atoms with Gasteiger partial charge in [0.15, 0.2) is 0 Å². The summed E-state index contributed by atoms with van der Waals surface area (Å²) in [5.41, 5.74) is 2.84. The maximum atomic E-state index is 13.6. The lowest BCUT2D eigenvalue weighted by Crippen LogP contribution is -2.25. The Labute approximate surface area is 178 Å². The molecule has 2 aromatic heterocycles. The number of nitrogens with zero attached hydrogens (tertiary/aromatic N) is 3. The molecule has 6 heteroatoms. The number of hydrogen-bond acceptors (Lipinski definition) is 5. The van der Waals surface area contributed by atoms with Crippen LogP contribution >= 0.6 is 11.3 Å². The molecule has 2 aromatic carbocycles. The van der Waals surface area contributed by atoms with E-state index in [4.69, 9.17) is 15.0 Å². The van der Waals surface area contributed by atoms with E-state index in [0.717, 1.165) is 33.1 Å². The van der Waals surface area contributed by atoms with Crippen molar-refractivity contribution in [1.29, 1.82) is 5.26 Å². The highest BCUT2D eigenvalue weighted by Crippen LogP contribution is 2.33. The Kier molecular flexibility index (Phi) is 5.92. The number of unbranched alkanes of at least 4 members (excludes halogenated alkanes) is 1. The molecule has 4 rings (SSSR count). The maximum absolute atomic E-state index is 13.6. The highest BCUT2D eigenvalue weighted by Gasteiger charge is 2.17. The van der Waals surface area contributed by atoms with Gasteiger partial charge in [0, 0.05) is 30.3 Å². The Balaban J connectivity index is 1.85. The third kappa shape index (κ3) is 3.98. The first-order valence-corrected chi connectivity index (χ1v) is 10.7. The van der Waals surface area contributed by atoms with Crippen LogP contribution in [0, 0.1) is 11.3 Å². The molecule has 0 fully saturated rings. The standard InChI is InChI=1S/C24H21N3O2S/c1-29-19-11-7-10-18(15-19)20-16-30-23-22(20)24(28)27(13-6-5-12-25)21(26-23)14-17-8-3-2-4-9-17/h2-4,7-11,15-16H,5-6,13-14H2,1H3. The summed E-state index contributed by atoms with van der Waals surface area (Å²) >= 11 is 1.48. The molecule has 0 radical (unpaired) electrons. The molecule has 0 aliphatic heterocycles. The fourth-order valence-electron chi connectivity index (χ4n) is 3.53. The van der Waals surface area contributed by atoms with Crippen LogP contribution in [0.2, 0.25) is 0 Å². The van der Waals surface area contributed by atoms with Crippen molar-refractivity contribution in [2.45, 2.75) is 25.8 Å². The van der Waals surface area contributed by atoms with Gasteiger partial charge in [0.25, 0.3) is 5.56 Å². The van der Waals surface area contributed by atoms with E-state index in [1.807, 2.05) is 60.0 Å². The van der Waals surface area contributed by atoms with Gasteiger partial charge in [-0.1, -0.05) is 42.5 Å². The first-order chi connectivity index (χ1) is 14.7. The fourth-order valence-corrected chi connectivity index (χ4v) is 4.49. The molecule has 0 bridgehead atoms. The lowest BCUT2D eigenvalue weighted by Gasteiger charge is -2.13. The lowest BCUT2D eigenvalue weighted by atomic mass is 10.1. The zero-order chi connectivity index (χ0) is 20.9. The van der Waals surface area contributed by atoms with Crippen molar-refractivity contribution in [2.75, 3.05) is 7.11 Å². The molecule has 5 nitrogen and oxygen atoms in total. The topological polar surface area (TPSA) is 67.9 Å². The molecule has 0 spiro atoms. The zero-order valence-corrected chi connectivity index (χ0v) is 17.5. The number of nitriles is 1. The van der Waals surface area contributed by atoms with Crippen LogP contribution in [0.1, 0.15) is 24.2 Å². The molecule has 0 unspecified atom stereocenters. The third-order valence-corrected chi connectivity index (χ3v) is 5.90. The molecular weight excluding hydrogens is 394 g/mol. The van der Waals surface area contributed by atoms with Gasteiger partial charge in [-0.2, -0.15) is 5.26 Å². The number of fused-ring (bicyclic) bond motifs is 1. The van der Waals surface area contributed by atoms with Crippen LogP contribution in [-0.4, -0.2) is 16.7 Å². The van der Waals surface area contributed by atoms with E-state index >= 15 is 0 Å². The molecule has 0 aliphatic rings. The SMILES string of the molecule is COc1cccc(-c2csc3nc(Cc4ccccc4)n(CCCC#N)c(=O)c23)c1. The summed E-state index contributed by atoms with van der Waals surface area (Å²) < 4.78 is 7.08. The number of methoxy groups -OCH3 is 1. The average molecular weight is 416 g/mol. The van der Waals surface area contributed by atoms with Gasteiger partial charge in [0.05, 0.1) is 18.6 Å². The zero-order valence-electron chi connectivity index (χ0n) is 16.7. The fraction of sp³-hybridized carbons (Fsp3) is 0.208. The highest BCUT2D eigenvalue weighted by atomic mass is 32.1. The van der Waals surface area contributed by atoms with Crippen LogP contribution in [-0.2, 0) is 13.0 Å². The Morgan fingerprint density at radius 2 is 2.00 bits per heavy atom. The molecule has 0 aliphatic carbocycles. The van der Waals surface area contributed by atoms with Gasteiger partial charge < -0.3 is 4.74 Å². The van der Waals surface area contributed by atoms with Gasteiger partial charge in [0.2, 0.25) is 0 Å². The molecule has 30 heavy (non-hydrogen) atoms. The van der Waals surface area contributed by atoms with Crippen molar-refractivity contribution in [3.8, 4) is 22.9 Å². The van der Waals surface area contributed by atoms with E-state index in [-0.39, 0.29) is 5.56 Å². The van der Waals surface area contributed by atoms with Crippen LogP contribution in [0.25, 0.3) is 21.3 Å². The maximum Gasteiger partial charge on any atom is 0.262 e. The molecule has 0 amide bonds. The van der Waals surface area contributed by atoms with Crippen molar-refractivity contribution < 1.29 is 4.74 Å². The van der Waals surface area contributed by atoms with Gasteiger partial charge in [-0.3, -0.25) is 9.36 Å². The molecule has 150 valence electrons. The molecule has 2 heterocycles. The number of hydrogen-bond donors (Lipinski definition) is 0. The average Bonchev–Trinajstić information content (AvgIpc) is 3.21. The molecule has 0 saturated carbocycles. The highest BCUT2D eigenvalue weighted by molar-refractivity contribution is 7.17. The summed E-state index contributed by atoms with van der Waals surface area (Å²) in [4.78, 5) is 19.2. The molecular formula is C24H21N3O2S. The van der Waals surface area contributed by atoms with E-state index in [1.54, 1.807) is 11.7 Å². The van der Waals surface area contributed by atoms with E-state index < -0.39 is 0 Å². The van der Waals surface area contributed by atoms with Crippen LogP contribution in [0.15, 0.2) is 64.8 Å². The van der Waals surface area contributed by atoms with E-state index in [2.05, 4.69) is 6.07 Å². The second-order valence-corrected chi connectivity index (χ2v) is 7.83. The lowest BCUT2D eigenvalue weighted by molar-refractivity contribution is 0.415. The minimum atomic E-state index is -0.0528. The Morgan fingerprint density at radius 3 is 2.77 bits per heavy atom. The van der Waals surface area contributed by atoms with Crippen molar-refractivity contribution in [3.05, 3.63) is 81.7 Å². The minimum absolute atomic E-state index is 0.0528. The summed E-state index contributed by atoms with van der Waals surface area (Å²) in [5, 5.41) is 11.5. The third-order valence-electron chi connectivity index (χ3n) is 5.03. The number of aromatic nitrogens is 2. The van der Waals surface area contributed by atoms with Crippen LogP contribution in [0.5, 0.6) is 5.75 Å². The van der Waals surface area contributed by atoms with Crippen molar-refractivity contribution in [1.82, 2.24) is 9.55 Å². The predicted octanol–water partition coefficient (Wildman–Crippen LogP) is 5.03. The summed E-state index contributed by atoms with van der Waals surface area (Å²) in [5.74, 6) is 1.48. The Hall–Kier alpha value is -3.43. The number of benzene rings is 2. The molecule has 0 atom stereocenters. The van der Waals surface area contributed by atoms with E-state index in [0.29, 0.717) is 31.2 Å². The van der Waals surface area contributed by atoms with E-state index in [9.17, 15) is 4.79 Å². The number of thiophene rings is 1. The van der Waals surface area contributed by atoms with Gasteiger partial charge in [-0.15, -0.1) is 11.3 Å². The van der Waals surface area contributed by atoms with Crippen molar-refractivity contribution in [2.24, 2.45) is 0 Å². The molecule has 0 N–H and O–H groups in total. The van der Waals surface area contributed by atoms with Gasteiger partial charge in [-0.05, 0) is 29.7 Å². The van der Waals surface area contributed by atoms with Gasteiger partial charge >= 0.3 is 0 Å². The quantitative estimate of drug-likeness (QED) is 0.397. The normalized spacial score (nSPS) is 10.8. The van der Waals surface area contributed by atoms with Crippen molar-refractivity contribution in [3.63, 3.8) is 0 Å². The summed E-state index contributed by atoms with van der Waals surface area (Å²) in [6, 6.07) is 19.9. The summed E-state index contributed by atoms with van der Waals surface area (Å²) in [6.07, 6.45) is 1.59. The first-order valence-electron chi connectivity index (χ1n) is 9.77. The van der Waals surface area contributed by atoms with Gasteiger partial charge in [-0.25, -0.2) is 4.98 Å². The monoisotopic (exact) mass is 415 g/mol. The summed E-state index contributed by atoms with van der Waals surface area (Å²) in [6.45, 7) is 0.477. The molecule has 0 saturated heterocycles. The number of rotatable bonds is 7. The second-order valence-electron chi connectivity index (χ2n) is 6.97. The van der Waals surface area contributed by atoms with Crippen LogP contribution in [0.3, 0.4) is 0 Å². The van der Waals surface area contributed by atoms with E-state index in [1.165, 1.54) is 11.3 Å². The molecule has 4 aromatic rings. The number of ether oxygens (including phenoxy) is 1. The van der Waals surface area contributed by atoms with Gasteiger partial charge in [0.1, 0.15) is 16.4 Å². The minimum Gasteiger partial charge on any atom is -0.497 e. The van der Waals surface area contributed by atoms with Crippen LogP contribution < -0.4 is 10.3 Å². The summed E-state index contributed by atoms with van der Waals surface area (Å²) in [7, 11) is 1.63. The van der Waals surface area contributed by atoms with Crippen molar-refractivity contribution >= 4 is 21.6 Å².